The lowest BCUT2D eigenvalue weighted by atomic mass is 10.0. The van der Waals surface area contributed by atoms with Crippen molar-refractivity contribution in [1.29, 1.82) is 0 Å². The van der Waals surface area contributed by atoms with Gasteiger partial charge in [-0.15, -0.1) is 0 Å². The topological polar surface area (TPSA) is 89.9 Å². The molecule has 1 atom stereocenters. The zero-order chi connectivity index (χ0) is 21.7. The number of ketones is 1. The minimum absolute atomic E-state index is 0.0415. The van der Waals surface area contributed by atoms with Crippen molar-refractivity contribution in [2.45, 2.75) is 59.6 Å². The maximum absolute atomic E-state index is 13.2. The smallest absolute Gasteiger partial charge is 0.355 e. The summed E-state index contributed by atoms with van der Waals surface area (Å²) in [5.74, 6) is -0.661. The first-order chi connectivity index (χ1) is 13.7. The van der Waals surface area contributed by atoms with Crippen molar-refractivity contribution < 1.29 is 23.9 Å². The number of amides is 2. The molecule has 1 N–H and O–H groups in total. The summed E-state index contributed by atoms with van der Waals surface area (Å²) in [4.78, 5) is 39.7. The largest absolute Gasteiger partial charge is 0.461 e. The molecule has 162 valence electrons. The number of hydrogen-bond donors (Lipinski definition) is 1. The Hall–Kier alpha value is -2.35. The van der Waals surface area contributed by atoms with Gasteiger partial charge < -0.3 is 24.3 Å². The number of Topliss-reactive ketones (excluding diaryl/α,β-unsaturated/α-hetero) is 1. The summed E-state index contributed by atoms with van der Waals surface area (Å²) in [6.07, 6.45) is 1.77. The van der Waals surface area contributed by atoms with E-state index >= 15 is 0 Å². The molecule has 0 saturated carbocycles. The first kappa shape index (κ1) is 22.9. The number of carbonyl (C=O) groups is 3. The van der Waals surface area contributed by atoms with Gasteiger partial charge >= 0.3 is 12.0 Å². The van der Waals surface area contributed by atoms with Crippen LogP contribution in [0.5, 0.6) is 0 Å². The minimum Gasteiger partial charge on any atom is -0.461 e. The van der Waals surface area contributed by atoms with Crippen molar-refractivity contribution in [2.24, 2.45) is 7.05 Å². The van der Waals surface area contributed by atoms with Crippen LogP contribution in [0.1, 0.15) is 65.7 Å². The van der Waals surface area contributed by atoms with E-state index in [0.29, 0.717) is 35.7 Å². The van der Waals surface area contributed by atoms with Crippen LogP contribution in [0, 0.1) is 13.8 Å². The monoisotopic (exact) mass is 407 g/mol. The summed E-state index contributed by atoms with van der Waals surface area (Å²) in [5.41, 5.74) is 2.09. The van der Waals surface area contributed by atoms with E-state index in [1.165, 1.54) is 4.90 Å². The van der Waals surface area contributed by atoms with Crippen molar-refractivity contribution in [3.8, 4) is 0 Å². The van der Waals surface area contributed by atoms with E-state index in [9.17, 15) is 14.4 Å². The summed E-state index contributed by atoms with van der Waals surface area (Å²) in [6.45, 7) is 10.3. The predicted octanol–water partition coefficient (Wildman–Crippen LogP) is 2.60. The molecule has 1 saturated heterocycles. The van der Waals surface area contributed by atoms with Gasteiger partial charge in [0.2, 0.25) is 0 Å². The highest BCUT2D eigenvalue weighted by atomic mass is 16.5. The SMILES string of the molecule is CCOC(=O)c1c(C)c(C(=O)CN(CC2CCCO2)C(=O)NC(C)C)c(C)n1C. The zero-order valence-electron chi connectivity index (χ0n) is 18.3. The molecule has 2 heterocycles. The average Bonchev–Trinajstić information content (AvgIpc) is 3.21. The number of hydrogen-bond acceptors (Lipinski definition) is 5. The molecule has 0 spiro atoms. The molecule has 0 radical (unpaired) electrons. The van der Waals surface area contributed by atoms with E-state index in [-0.39, 0.29) is 37.1 Å². The van der Waals surface area contributed by atoms with Crippen molar-refractivity contribution in [2.75, 3.05) is 26.3 Å². The molecule has 2 rings (SSSR count). The number of nitrogens with one attached hydrogen (secondary N) is 1. The Bertz CT molecular complexity index is 763. The Morgan fingerprint density at radius 2 is 2.00 bits per heavy atom. The number of rotatable bonds is 8. The van der Waals surface area contributed by atoms with E-state index in [4.69, 9.17) is 9.47 Å². The van der Waals surface area contributed by atoms with Gasteiger partial charge in [0.15, 0.2) is 5.78 Å². The van der Waals surface area contributed by atoms with Crippen molar-refractivity contribution in [1.82, 2.24) is 14.8 Å². The zero-order valence-corrected chi connectivity index (χ0v) is 18.3. The fourth-order valence-electron chi connectivity index (χ4n) is 3.72. The van der Waals surface area contributed by atoms with Crippen LogP contribution in [-0.4, -0.2) is 65.7 Å². The molecule has 29 heavy (non-hydrogen) atoms. The number of esters is 1. The van der Waals surface area contributed by atoms with Gasteiger partial charge in [-0.1, -0.05) is 0 Å². The van der Waals surface area contributed by atoms with Crippen LogP contribution in [0.15, 0.2) is 0 Å². The first-order valence-corrected chi connectivity index (χ1v) is 10.2. The van der Waals surface area contributed by atoms with Gasteiger partial charge in [-0.2, -0.15) is 0 Å². The molecule has 1 aliphatic rings. The third-order valence-corrected chi connectivity index (χ3v) is 5.16. The lowest BCUT2D eigenvalue weighted by Gasteiger charge is -2.26. The molecule has 8 heteroatoms. The van der Waals surface area contributed by atoms with Gasteiger partial charge in [0.25, 0.3) is 0 Å². The van der Waals surface area contributed by atoms with Gasteiger partial charge in [-0.05, 0) is 53.0 Å². The van der Waals surface area contributed by atoms with Crippen LogP contribution in [0.4, 0.5) is 4.79 Å². The second kappa shape index (κ2) is 9.91. The Balaban J connectivity index is 2.27. The van der Waals surface area contributed by atoms with Gasteiger partial charge in [-0.25, -0.2) is 9.59 Å². The number of urea groups is 1. The molecule has 2 amide bonds. The first-order valence-electron chi connectivity index (χ1n) is 10.2. The lowest BCUT2D eigenvalue weighted by molar-refractivity contribution is 0.0514. The second-order valence-electron chi connectivity index (χ2n) is 7.76. The number of nitrogens with zero attached hydrogens (tertiary/aromatic N) is 2. The summed E-state index contributed by atoms with van der Waals surface area (Å²) in [5, 5.41) is 2.85. The molecule has 1 unspecified atom stereocenters. The molecule has 1 aromatic rings. The Labute approximate surface area is 172 Å². The minimum atomic E-state index is -0.455. The molecule has 1 aromatic heterocycles. The predicted molar refractivity (Wildman–Crippen MR) is 109 cm³/mol. The van der Waals surface area contributed by atoms with Crippen LogP contribution >= 0.6 is 0 Å². The van der Waals surface area contributed by atoms with Crippen LogP contribution in [0.3, 0.4) is 0 Å². The van der Waals surface area contributed by atoms with Crippen LogP contribution in [0.25, 0.3) is 0 Å². The molecule has 0 aliphatic carbocycles. The van der Waals surface area contributed by atoms with Crippen molar-refractivity contribution in [3.05, 3.63) is 22.5 Å². The third kappa shape index (κ3) is 5.38. The normalized spacial score (nSPS) is 16.2. The molecule has 1 fully saturated rings. The van der Waals surface area contributed by atoms with Crippen LogP contribution in [0.2, 0.25) is 0 Å². The van der Waals surface area contributed by atoms with Crippen molar-refractivity contribution in [3.63, 3.8) is 0 Å². The number of aromatic nitrogens is 1. The number of ether oxygens (including phenoxy) is 2. The summed E-state index contributed by atoms with van der Waals surface area (Å²) >= 11 is 0. The van der Waals surface area contributed by atoms with Gasteiger partial charge in [0.1, 0.15) is 5.69 Å². The van der Waals surface area contributed by atoms with E-state index in [2.05, 4.69) is 5.32 Å². The molecular weight excluding hydrogens is 374 g/mol. The summed E-state index contributed by atoms with van der Waals surface area (Å²) in [7, 11) is 1.74. The molecule has 8 nitrogen and oxygen atoms in total. The van der Waals surface area contributed by atoms with E-state index < -0.39 is 5.97 Å². The Morgan fingerprint density at radius 3 is 2.55 bits per heavy atom. The Kier molecular flexibility index (Phi) is 7.84. The highest BCUT2D eigenvalue weighted by Gasteiger charge is 2.29. The highest BCUT2D eigenvalue weighted by molar-refractivity contribution is 6.04. The van der Waals surface area contributed by atoms with Gasteiger partial charge in [0.05, 0.1) is 19.3 Å². The second-order valence-corrected chi connectivity index (χ2v) is 7.76. The molecule has 0 aromatic carbocycles. The van der Waals surface area contributed by atoms with E-state index in [1.807, 2.05) is 13.8 Å². The standard InChI is InChI=1S/C21H33N3O5/c1-7-28-20(26)19-14(4)18(15(5)23(19)6)17(25)12-24(21(27)22-13(2)3)11-16-9-8-10-29-16/h13,16H,7-12H2,1-6H3,(H,22,27). The summed E-state index contributed by atoms with van der Waals surface area (Å²) < 4.78 is 12.5. The molecule has 1 aliphatic heterocycles. The van der Waals surface area contributed by atoms with Gasteiger partial charge in [-0.3, -0.25) is 4.79 Å². The average molecular weight is 408 g/mol. The van der Waals surface area contributed by atoms with Gasteiger partial charge in [0, 0.05) is 37.5 Å². The lowest BCUT2D eigenvalue weighted by Crippen LogP contribution is -2.48. The summed E-state index contributed by atoms with van der Waals surface area (Å²) in [6, 6.07) is -0.332. The van der Waals surface area contributed by atoms with Crippen LogP contribution in [-0.2, 0) is 16.5 Å². The Morgan fingerprint density at radius 1 is 1.31 bits per heavy atom. The maximum atomic E-state index is 13.2. The maximum Gasteiger partial charge on any atom is 0.355 e. The molecular formula is C21H33N3O5. The number of carbonyl (C=O) groups excluding carboxylic acids is 3. The molecule has 0 bridgehead atoms. The fraction of sp³-hybridized carbons (Fsp3) is 0.667. The quantitative estimate of drug-likeness (QED) is 0.528. The highest BCUT2D eigenvalue weighted by Crippen LogP contribution is 2.23. The fourth-order valence-corrected chi connectivity index (χ4v) is 3.72. The third-order valence-electron chi connectivity index (χ3n) is 5.16. The van der Waals surface area contributed by atoms with Crippen LogP contribution < -0.4 is 5.32 Å². The van der Waals surface area contributed by atoms with Crippen molar-refractivity contribution >= 4 is 17.8 Å². The van der Waals surface area contributed by atoms with E-state index in [1.54, 1.807) is 32.4 Å². The van der Waals surface area contributed by atoms with E-state index in [0.717, 1.165) is 12.8 Å².